The second-order valence-electron chi connectivity index (χ2n) is 7.53. The number of rotatable bonds is 11. The molecule has 0 radical (unpaired) electrons. The average molecular weight is 452 g/mol. The Morgan fingerprint density at radius 2 is 1.67 bits per heavy atom. The fourth-order valence-corrected chi connectivity index (χ4v) is 3.63. The molecule has 174 valence electrons. The van der Waals surface area contributed by atoms with Crippen molar-refractivity contribution in [1.82, 2.24) is 4.90 Å². The smallest absolute Gasteiger partial charge is 0.295 e. The van der Waals surface area contributed by atoms with Gasteiger partial charge in [0.15, 0.2) is 0 Å². The Morgan fingerprint density at radius 3 is 2.27 bits per heavy atom. The fraction of sp³-hybridized carbons (Fsp3) is 0.308. The molecule has 1 unspecified atom stereocenters. The molecule has 3 rings (SSSR count). The molecule has 1 aliphatic rings. The maximum atomic E-state index is 13.0. The van der Waals surface area contributed by atoms with Gasteiger partial charge in [-0.1, -0.05) is 31.7 Å². The van der Waals surface area contributed by atoms with Crippen LogP contribution in [0.15, 0.2) is 66.8 Å². The lowest BCUT2D eigenvalue weighted by Crippen LogP contribution is -2.32. The van der Waals surface area contributed by atoms with Gasteiger partial charge >= 0.3 is 0 Å². The summed E-state index contributed by atoms with van der Waals surface area (Å²) in [6.45, 7) is 7.06. The lowest BCUT2D eigenvalue weighted by atomic mass is 9.95. The standard InChI is InChI=1S/C26H29NO6/c1-4-15-32-20-10-6-18(7-11-20)23-22(25(29)26(30)27(23)14-17-31-3)24(28)19-8-12-21(13-9-19)33-16-5-2/h5-13,23,28H,2,4,14-17H2,1,3H3/b24-22+. The molecular formula is C26H29NO6. The van der Waals surface area contributed by atoms with E-state index in [0.717, 1.165) is 6.42 Å². The van der Waals surface area contributed by atoms with Crippen LogP contribution in [0.5, 0.6) is 11.5 Å². The van der Waals surface area contributed by atoms with Gasteiger partial charge in [0.05, 0.1) is 24.8 Å². The molecule has 1 amide bonds. The quantitative estimate of drug-likeness (QED) is 0.240. The molecule has 1 saturated heterocycles. The van der Waals surface area contributed by atoms with Crippen LogP contribution >= 0.6 is 0 Å². The summed E-state index contributed by atoms with van der Waals surface area (Å²) in [7, 11) is 1.53. The van der Waals surface area contributed by atoms with Crippen molar-refractivity contribution in [2.75, 3.05) is 33.5 Å². The number of hydrogen-bond donors (Lipinski definition) is 1. The van der Waals surface area contributed by atoms with Gasteiger partial charge in [0.1, 0.15) is 23.9 Å². The molecule has 0 aromatic heterocycles. The van der Waals surface area contributed by atoms with E-state index in [1.165, 1.54) is 12.0 Å². The SMILES string of the molecule is C=CCOc1ccc(/C(O)=C2\C(=O)C(=O)N(CCOC)C2c2ccc(OCCC)cc2)cc1. The number of methoxy groups -OCH3 is 1. The summed E-state index contributed by atoms with van der Waals surface area (Å²) in [5, 5.41) is 11.1. The van der Waals surface area contributed by atoms with E-state index in [1.54, 1.807) is 54.6 Å². The number of carbonyl (C=O) groups is 2. The Kier molecular flexibility index (Phi) is 8.27. The molecule has 33 heavy (non-hydrogen) atoms. The number of benzene rings is 2. The number of nitrogens with zero attached hydrogens (tertiary/aromatic N) is 1. The van der Waals surface area contributed by atoms with Gasteiger partial charge < -0.3 is 24.2 Å². The molecule has 7 nitrogen and oxygen atoms in total. The molecule has 1 N–H and O–H groups in total. The van der Waals surface area contributed by atoms with Crippen molar-refractivity contribution < 1.29 is 28.9 Å². The molecule has 1 heterocycles. The number of carbonyl (C=O) groups excluding carboxylic acids is 2. The lowest BCUT2D eigenvalue weighted by molar-refractivity contribution is -0.140. The van der Waals surface area contributed by atoms with Crippen molar-refractivity contribution >= 4 is 17.4 Å². The maximum Gasteiger partial charge on any atom is 0.295 e. The van der Waals surface area contributed by atoms with Crippen LogP contribution in [0.25, 0.3) is 5.76 Å². The average Bonchev–Trinajstić information content (AvgIpc) is 3.10. The molecule has 1 fully saturated rings. The summed E-state index contributed by atoms with van der Waals surface area (Å²) < 4.78 is 16.3. The molecule has 0 spiro atoms. The van der Waals surface area contributed by atoms with Crippen molar-refractivity contribution in [3.05, 3.63) is 77.9 Å². The zero-order valence-electron chi connectivity index (χ0n) is 19.0. The van der Waals surface area contributed by atoms with Crippen LogP contribution in [0.4, 0.5) is 0 Å². The van der Waals surface area contributed by atoms with Crippen molar-refractivity contribution in [1.29, 1.82) is 0 Å². The van der Waals surface area contributed by atoms with E-state index in [2.05, 4.69) is 6.58 Å². The predicted molar refractivity (Wildman–Crippen MR) is 125 cm³/mol. The largest absolute Gasteiger partial charge is 0.507 e. The van der Waals surface area contributed by atoms with Gasteiger partial charge in [0.2, 0.25) is 0 Å². The number of amides is 1. The molecule has 1 atom stereocenters. The van der Waals surface area contributed by atoms with Crippen molar-refractivity contribution in [3.8, 4) is 11.5 Å². The molecule has 0 saturated carbocycles. The fourth-order valence-electron chi connectivity index (χ4n) is 3.63. The Morgan fingerprint density at radius 1 is 1.03 bits per heavy atom. The molecule has 7 heteroatoms. The third kappa shape index (κ3) is 5.43. The topological polar surface area (TPSA) is 85.3 Å². The van der Waals surface area contributed by atoms with Crippen molar-refractivity contribution in [3.63, 3.8) is 0 Å². The monoisotopic (exact) mass is 451 g/mol. The predicted octanol–water partition coefficient (Wildman–Crippen LogP) is 4.11. The summed E-state index contributed by atoms with van der Waals surface area (Å²) >= 11 is 0. The molecular weight excluding hydrogens is 422 g/mol. The molecule has 2 aromatic carbocycles. The van der Waals surface area contributed by atoms with Crippen molar-refractivity contribution in [2.45, 2.75) is 19.4 Å². The Bertz CT molecular complexity index is 1010. The normalized spacial score (nSPS) is 17.3. The summed E-state index contributed by atoms with van der Waals surface area (Å²) in [6, 6.07) is 13.1. The number of hydrogen-bond acceptors (Lipinski definition) is 6. The van der Waals surface area contributed by atoms with Crippen LogP contribution in [0.2, 0.25) is 0 Å². The molecule has 2 aromatic rings. The van der Waals surface area contributed by atoms with Gasteiger partial charge in [0.25, 0.3) is 11.7 Å². The first-order valence-corrected chi connectivity index (χ1v) is 10.9. The van der Waals surface area contributed by atoms with Gasteiger partial charge in [-0.25, -0.2) is 0 Å². The van der Waals surface area contributed by atoms with Gasteiger partial charge in [0, 0.05) is 19.2 Å². The van der Waals surface area contributed by atoms with E-state index in [9.17, 15) is 14.7 Å². The first kappa shape index (κ1) is 24.1. The first-order valence-electron chi connectivity index (χ1n) is 10.9. The number of aliphatic hydroxyl groups is 1. The van der Waals surface area contributed by atoms with Crippen LogP contribution in [0.3, 0.4) is 0 Å². The zero-order chi connectivity index (χ0) is 23.8. The summed E-state index contributed by atoms with van der Waals surface area (Å²) in [6.07, 6.45) is 2.52. The highest BCUT2D eigenvalue weighted by molar-refractivity contribution is 6.46. The summed E-state index contributed by atoms with van der Waals surface area (Å²) in [4.78, 5) is 27.3. The van der Waals surface area contributed by atoms with Gasteiger partial charge in [-0.05, 0) is 48.4 Å². The van der Waals surface area contributed by atoms with E-state index >= 15 is 0 Å². The van der Waals surface area contributed by atoms with Gasteiger partial charge in [-0.3, -0.25) is 9.59 Å². The molecule has 0 aliphatic carbocycles. The highest BCUT2D eigenvalue weighted by Crippen LogP contribution is 2.39. The minimum atomic E-state index is -0.739. The van der Waals surface area contributed by atoms with E-state index in [1.807, 2.05) is 6.92 Å². The zero-order valence-corrected chi connectivity index (χ0v) is 19.0. The second-order valence-corrected chi connectivity index (χ2v) is 7.53. The van der Waals surface area contributed by atoms with E-state index in [-0.39, 0.29) is 24.5 Å². The minimum absolute atomic E-state index is 0.0399. The number of aliphatic hydroxyl groups excluding tert-OH is 1. The lowest BCUT2D eigenvalue weighted by Gasteiger charge is -2.25. The van der Waals surface area contributed by atoms with E-state index < -0.39 is 17.7 Å². The highest BCUT2D eigenvalue weighted by Gasteiger charge is 2.45. The van der Waals surface area contributed by atoms with E-state index in [4.69, 9.17) is 14.2 Å². The number of ether oxygens (including phenoxy) is 3. The molecule has 0 bridgehead atoms. The van der Waals surface area contributed by atoms with Crippen molar-refractivity contribution in [2.24, 2.45) is 0 Å². The first-order chi connectivity index (χ1) is 16.0. The van der Waals surface area contributed by atoms with Crippen LogP contribution in [-0.4, -0.2) is 55.2 Å². The van der Waals surface area contributed by atoms with Crippen LogP contribution in [0, 0.1) is 0 Å². The van der Waals surface area contributed by atoms with Crippen LogP contribution in [0.1, 0.15) is 30.5 Å². The van der Waals surface area contributed by atoms with Gasteiger partial charge in [-0.15, -0.1) is 0 Å². The molecule has 1 aliphatic heterocycles. The Hall–Kier alpha value is -3.58. The van der Waals surface area contributed by atoms with Gasteiger partial charge in [-0.2, -0.15) is 0 Å². The highest BCUT2D eigenvalue weighted by atomic mass is 16.5. The maximum absolute atomic E-state index is 13.0. The minimum Gasteiger partial charge on any atom is -0.507 e. The Labute approximate surface area is 193 Å². The Balaban J connectivity index is 2.01. The summed E-state index contributed by atoms with van der Waals surface area (Å²) in [5.41, 5.74) is 1.15. The van der Waals surface area contributed by atoms with E-state index in [0.29, 0.717) is 35.8 Å². The summed E-state index contributed by atoms with van der Waals surface area (Å²) in [5.74, 6) is -0.335. The number of Topliss-reactive ketones (excluding diaryl/α,β-unsaturated/α-hetero) is 1. The number of likely N-dealkylation sites (tertiary alicyclic amines) is 1. The third-order valence-corrected chi connectivity index (χ3v) is 5.24. The van der Waals surface area contributed by atoms with Crippen LogP contribution in [-0.2, 0) is 14.3 Å². The number of ketones is 1. The van der Waals surface area contributed by atoms with Crippen LogP contribution < -0.4 is 9.47 Å². The second kappa shape index (κ2) is 11.3. The third-order valence-electron chi connectivity index (χ3n) is 5.24.